The van der Waals surface area contributed by atoms with Crippen LogP contribution in [0.5, 0.6) is 0 Å². The molecule has 92 valence electrons. The maximum atomic E-state index is 11.1. The Labute approximate surface area is 171 Å². The molecule has 0 heterocycles. The first kappa shape index (κ1) is 23.7. The van der Waals surface area contributed by atoms with Crippen molar-refractivity contribution in [3.05, 3.63) is 0 Å². The Morgan fingerprint density at radius 1 is 1.18 bits per heavy atom. The topological polar surface area (TPSA) is 74.6 Å². The standard InChI is InChI=1S/C11H20O4.K.Na.2H/c1-4-5-6-7-11(8(2)3,9(12)13)10(14)15;;;;/h8H,4-7H2,1-3H3,(H,12,13)(H,14,15);;;;/q;2*+1;2*-1. The molecule has 0 spiro atoms. The molecule has 0 saturated carbocycles. The summed E-state index contributed by atoms with van der Waals surface area (Å²) in [5.41, 5.74) is -1.62. The number of carboxylic acids is 2. The molecule has 0 aromatic heterocycles. The Morgan fingerprint density at radius 3 is 1.82 bits per heavy atom. The molecular weight excluding hydrogens is 258 g/mol. The summed E-state index contributed by atoms with van der Waals surface area (Å²) in [5, 5.41) is 18.2. The Kier molecular flexibility index (Phi) is 15.9. The van der Waals surface area contributed by atoms with Crippen LogP contribution in [0.25, 0.3) is 0 Å². The minimum absolute atomic E-state index is 0. The second-order valence-corrected chi connectivity index (χ2v) is 4.19. The van der Waals surface area contributed by atoms with E-state index in [9.17, 15) is 9.59 Å². The Bertz CT molecular complexity index is 239. The van der Waals surface area contributed by atoms with Gasteiger partial charge in [0.15, 0.2) is 5.41 Å². The van der Waals surface area contributed by atoms with Gasteiger partial charge in [-0.3, -0.25) is 9.59 Å². The zero-order valence-corrected chi connectivity index (χ0v) is 16.7. The van der Waals surface area contributed by atoms with Crippen molar-refractivity contribution < 1.29 is 104 Å². The van der Waals surface area contributed by atoms with Crippen molar-refractivity contribution in [2.45, 2.75) is 46.5 Å². The third kappa shape index (κ3) is 6.52. The molecule has 2 N–H and O–H groups in total. The summed E-state index contributed by atoms with van der Waals surface area (Å²) in [6, 6.07) is 0. The Morgan fingerprint density at radius 2 is 1.59 bits per heavy atom. The van der Waals surface area contributed by atoms with Crippen LogP contribution in [-0.4, -0.2) is 22.2 Å². The van der Waals surface area contributed by atoms with E-state index < -0.39 is 23.3 Å². The maximum Gasteiger partial charge on any atom is 1.00 e. The smallest absolute Gasteiger partial charge is 1.00 e. The fourth-order valence-corrected chi connectivity index (χ4v) is 1.74. The summed E-state index contributed by atoms with van der Waals surface area (Å²) < 4.78 is 0. The van der Waals surface area contributed by atoms with Gasteiger partial charge in [0.25, 0.3) is 0 Å². The van der Waals surface area contributed by atoms with Crippen molar-refractivity contribution in [1.29, 1.82) is 0 Å². The van der Waals surface area contributed by atoms with Gasteiger partial charge >= 0.3 is 92.9 Å². The van der Waals surface area contributed by atoms with E-state index in [4.69, 9.17) is 10.2 Å². The van der Waals surface area contributed by atoms with Crippen LogP contribution in [0.4, 0.5) is 0 Å². The van der Waals surface area contributed by atoms with Crippen molar-refractivity contribution in [3.8, 4) is 0 Å². The molecular formula is C11H22KNaO4. The van der Waals surface area contributed by atoms with E-state index in [0.717, 1.165) is 12.8 Å². The number of hydrogen-bond donors (Lipinski definition) is 2. The number of carboxylic acid groups (broad SMARTS) is 2. The van der Waals surface area contributed by atoms with Crippen molar-refractivity contribution in [1.82, 2.24) is 0 Å². The van der Waals surface area contributed by atoms with Gasteiger partial charge in [0, 0.05) is 0 Å². The van der Waals surface area contributed by atoms with Gasteiger partial charge in [0.2, 0.25) is 0 Å². The van der Waals surface area contributed by atoms with Gasteiger partial charge in [-0.2, -0.15) is 0 Å². The van der Waals surface area contributed by atoms with Gasteiger partial charge < -0.3 is 13.1 Å². The summed E-state index contributed by atoms with van der Waals surface area (Å²) in [4.78, 5) is 22.2. The predicted octanol–water partition coefficient (Wildman–Crippen LogP) is -3.39. The van der Waals surface area contributed by atoms with E-state index in [1.807, 2.05) is 6.92 Å². The van der Waals surface area contributed by atoms with Crippen LogP contribution < -0.4 is 80.9 Å². The van der Waals surface area contributed by atoms with Gasteiger partial charge in [-0.1, -0.05) is 40.0 Å². The third-order valence-corrected chi connectivity index (χ3v) is 2.92. The van der Waals surface area contributed by atoms with Crippen LogP contribution in [0, 0.1) is 11.3 Å². The molecule has 0 atom stereocenters. The van der Waals surface area contributed by atoms with E-state index in [1.165, 1.54) is 0 Å². The van der Waals surface area contributed by atoms with Crippen LogP contribution in [0.15, 0.2) is 0 Å². The fourth-order valence-electron chi connectivity index (χ4n) is 1.74. The number of carbonyl (C=O) groups is 2. The number of unbranched alkanes of at least 4 members (excludes halogenated alkanes) is 2. The molecule has 0 rings (SSSR count). The van der Waals surface area contributed by atoms with E-state index >= 15 is 0 Å². The van der Waals surface area contributed by atoms with E-state index in [-0.39, 0.29) is 90.2 Å². The number of rotatable bonds is 7. The van der Waals surface area contributed by atoms with Gasteiger partial charge in [0.05, 0.1) is 0 Å². The first-order valence-electron chi connectivity index (χ1n) is 5.36. The second kappa shape index (κ2) is 11.4. The van der Waals surface area contributed by atoms with Crippen molar-refractivity contribution in [2.75, 3.05) is 0 Å². The molecule has 4 nitrogen and oxygen atoms in total. The van der Waals surface area contributed by atoms with Crippen LogP contribution in [0.2, 0.25) is 0 Å². The van der Waals surface area contributed by atoms with E-state index in [2.05, 4.69) is 0 Å². The van der Waals surface area contributed by atoms with Crippen LogP contribution in [0.1, 0.15) is 49.3 Å². The largest absolute Gasteiger partial charge is 1.00 e. The predicted molar refractivity (Wildman–Crippen MR) is 58.9 cm³/mol. The van der Waals surface area contributed by atoms with Crippen molar-refractivity contribution in [2.24, 2.45) is 11.3 Å². The third-order valence-electron chi connectivity index (χ3n) is 2.92. The Hall–Kier alpha value is 1.58. The maximum absolute atomic E-state index is 11.1. The average molecular weight is 280 g/mol. The van der Waals surface area contributed by atoms with Crippen LogP contribution >= 0.6 is 0 Å². The first-order valence-corrected chi connectivity index (χ1v) is 5.36. The number of hydrogen-bond acceptors (Lipinski definition) is 2. The fraction of sp³-hybridized carbons (Fsp3) is 0.818. The van der Waals surface area contributed by atoms with Gasteiger partial charge in [-0.25, -0.2) is 0 Å². The Balaban J connectivity index is -0.000000163. The molecule has 0 fully saturated rings. The molecule has 6 heteroatoms. The first-order chi connectivity index (χ1) is 6.89. The molecule has 0 saturated heterocycles. The summed E-state index contributed by atoms with van der Waals surface area (Å²) in [7, 11) is 0. The van der Waals surface area contributed by atoms with E-state index in [0.29, 0.717) is 6.42 Å². The van der Waals surface area contributed by atoms with Gasteiger partial charge in [-0.15, -0.1) is 0 Å². The number of aliphatic carboxylic acids is 2. The molecule has 0 radical (unpaired) electrons. The zero-order chi connectivity index (χ0) is 12.1. The zero-order valence-electron chi connectivity index (χ0n) is 13.6. The van der Waals surface area contributed by atoms with Crippen LogP contribution in [-0.2, 0) is 9.59 Å². The second-order valence-electron chi connectivity index (χ2n) is 4.19. The quantitative estimate of drug-likeness (QED) is 0.290. The average Bonchev–Trinajstić information content (AvgIpc) is 2.10. The van der Waals surface area contributed by atoms with Crippen molar-refractivity contribution in [3.63, 3.8) is 0 Å². The molecule has 0 amide bonds. The summed E-state index contributed by atoms with van der Waals surface area (Å²) in [5.74, 6) is -2.84. The van der Waals surface area contributed by atoms with Gasteiger partial charge in [-0.05, 0) is 12.3 Å². The molecule has 17 heavy (non-hydrogen) atoms. The van der Waals surface area contributed by atoms with Crippen LogP contribution in [0.3, 0.4) is 0 Å². The summed E-state index contributed by atoms with van der Waals surface area (Å²) in [6.07, 6.45) is 2.68. The molecule has 0 aromatic carbocycles. The minimum atomic E-state index is -1.62. The molecule has 0 aliphatic heterocycles. The minimum Gasteiger partial charge on any atom is -1.00 e. The molecule has 0 bridgehead atoms. The molecule has 0 aliphatic carbocycles. The molecule has 0 unspecified atom stereocenters. The molecule has 0 aliphatic rings. The summed E-state index contributed by atoms with van der Waals surface area (Å²) in [6.45, 7) is 5.29. The van der Waals surface area contributed by atoms with Gasteiger partial charge in [0.1, 0.15) is 0 Å². The SMILES string of the molecule is CCCCCC(C(=O)O)(C(=O)O)C(C)C.[H-].[H-].[K+].[Na+]. The normalized spacial score (nSPS) is 10.4. The molecule has 0 aromatic rings. The monoisotopic (exact) mass is 280 g/mol. The van der Waals surface area contributed by atoms with Crippen molar-refractivity contribution >= 4 is 11.9 Å². The van der Waals surface area contributed by atoms with E-state index in [1.54, 1.807) is 13.8 Å². The summed E-state index contributed by atoms with van der Waals surface area (Å²) >= 11 is 0.